The number of carbonyl (C=O) groups excluding carboxylic acids is 2. The molecular weight excluding hydrogens is 292 g/mol. The molecule has 0 aromatic heterocycles. The molecule has 2 fully saturated rings. The Morgan fingerprint density at radius 2 is 2.09 bits per heavy atom. The number of rotatable bonds is 6. The van der Waals surface area contributed by atoms with Gasteiger partial charge in [0.05, 0.1) is 6.04 Å². The van der Waals surface area contributed by atoms with E-state index >= 15 is 0 Å². The van der Waals surface area contributed by atoms with Gasteiger partial charge < -0.3 is 14.7 Å². The lowest BCUT2D eigenvalue weighted by molar-refractivity contribution is -0.135. The summed E-state index contributed by atoms with van der Waals surface area (Å²) in [7, 11) is 4.01. The van der Waals surface area contributed by atoms with E-state index in [-0.39, 0.29) is 17.9 Å². The quantitative estimate of drug-likeness (QED) is 0.658. The normalized spacial score (nSPS) is 23.4. The van der Waals surface area contributed by atoms with Crippen LogP contribution in [0.2, 0.25) is 0 Å². The second-order valence-electron chi connectivity index (χ2n) is 6.70. The molecule has 2 heterocycles. The van der Waals surface area contributed by atoms with Gasteiger partial charge in [-0.05, 0) is 33.5 Å². The molecule has 6 heteroatoms. The van der Waals surface area contributed by atoms with Crippen LogP contribution in [0.3, 0.4) is 0 Å². The maximum atomic E-state index is 12.8. The smallest absolute Gasteiger partial charge is 0.240 e. The van der Waals surface area contributed by atoms with Crippen molar-refractivity contribution in [1.82, 2.24) is 19.6 Å². The lowest BCUT2D eigenvalue weighted by atomic mass is 10.2. The van der Waals surface area contributed by atoms with E-state index in [1.807, 2.05) is 30.0 Å². The molecule has 0 aliphatic carbocycles. The molecule has 0 bridgehead atoms. The fourth-order valence-corrected chi connectivity index (χ4v) is 3.35. The van der Waals surface area contributed by atoms with E-state index in [0.717, 1.165) is 39.0 Å². The van der Waals surface area contributed by atoms with Gasteiger partial charge in [0, 0.05) is 45.7 Å². The highest BCUT2D eigenvalue weighted by Gasteiger charge is 2.34. The number of hydrogen-bond donors (Lipinski definition) is 0. The lowest BCUT2D eigenvalue weighted by Crippen LogP contribution is -2.47. The Morgan fingerprint density at radius 3 is 2.78 bits per heavy atom. The van der Waals surface area contributed by atoms with Gasteiger partial charge in [-0.2, -0.15) is 0 Å². The molecule has 2 aliphatic heterocycles. The Kier molecular flexibility index (Phi) is 6.59. The first kappa shape index (κ1) is 17.9. The summed E-state index contributed by atoms with van der Waals surface area (Å²) in [5.41, 5.74) is 0. The first-order chi connectivity index (χ1) is 11.0. The summed E-state index contributed by atoms with van der Waals surface area (Å²) in [5.74, 6) is 0.350. The molecule has 2 amide bonds. The van der Waals surface area contributed by atoms with Crippen molar-refractivity contribution in [3.05, 3.63) is 12.7 Å². The highest BCUT2D eigenvalue weighted by molar-refractivity contribution is 5.84. The Labute approximate surface area is 139 Å². The summed E-state index contributed by atoms with van der Waals surface area (Å²) in [6.45, 7) is 8.94. The molecule has 0 unspecified atom stereocenters. The number of nitrogens with zero attached hydrogens (tertiary/aromatic N) is 4. The van der Waals surface area contributed by atoms with E-state index in [2.05, 4.69) is 16.4 Å². The highest BCUT2D eigenvalue weighted by atomic mass is 16.2. The largest absolute Gasteiger partial charge is 0.340 e. The predicted molar refractivity (Wildman–Crippen MR) is 91.1 cm³/mol. The molecule has 0 radical (unpaired) electrons. The van der Waals surface area contributed by atoms with Crippen molar-refractivity contribution in [2.24, 2.45) is 0 Å². The minimum absolute atomic E-state index is 0.0311. The van der Waals surface area contributed by atoms with Crippen LogP contribution in [0.15, 0.2) is 12.7 Å². The van der Waals surface area contributed by atoms with Gasteiger partial charge in [0.15, 0.2) is 0 Å². The van der Waals surface area contributed by atoms with Crippen molar-refractivity contribution < 1.29 is 9.59 Å². The second-order valence-corrected chi connectivity index (χ2v) is 6.70. The van der Waals surface area contributed by atoms with E-state index in [0.29, 0.717) is 26.1 Å². The van der Waals surface area contributed by atoms with Crippen LogP contribution in [0.4, 0.5) is 0 Å². The molecule has 0 aromatic rings. The average molecular weight is 322 g/mol. The third kappa shape index (κ3) is 4.78. The molecule has 0 spiro atoms. The zero-order valence-corrected chi connectivity index (χ0v) is 14.5. The summed E-state index contributed by atoms with van der Waals surface area (Å²) < 4.78 is 0. The van der Waals surface area contributed by atoms with E-state index in [1.165, 1.54) is 0 Å². The molecule has 1 atom stereocenters. The number of hydrogen-bond acceptors (Lipinski definition) is 4. The standard InChI is InChI=1S/C17H30N4O2/c1-4-8-19-9-5-6-15(19)17(23)21-10-7-16(22)20(13-14-21)12-11-18(2)3/h4,15H,1,5-14H2,2-3H3/t15-/m0/s1. The van der Waals surface area contributed by atoms with Gasteiger partial charge in [-0.15, -0.1) is 6.58 Å². The summed E-state index contributed by atoms with van der Waals surface area (Å²) in [4.78, 5) is 33.1. The van der Waals surface area contributed by atoms with Gasteiger partial charge >= 0.3 is 0 Å². The molecule has 6 nitrogen and oxygen atoms in total. The van der Waals surface area contributed by atoms with Crippen LogP contribution in [0.25, 0.3) is 0 Å². The fraction of sp³-hybridized carbons (Fsp3) is 0.765. The van der Waals surface area contributed by atoms with Crippen LogP contribution in [-0.4, -0.2) is 97.4 Å². The number of amides is 2. The Bertz CT molecular complexity index is 438. The molecule has 2 rings (SSSR count). The van der Waals surface area contributed by atoms with Gasteiger partial charge in [0.25, 0.3) is 0 Å². The monoisotopic (exact) mass is 322 g/mol. The summed E-state index contributed by atoms with van der Waals surface area (Å²) in [6, 6.07) is -0.0311. The number of likely N-dealkylation sites (tertiary alicyclic amines) is 1. The Morgan fingerprint density at radius 1 is 1.30 bits per heavy atom. The first-order valence-electron chi connectivity index (χ1n) is 8.59. The van der Waals surface area contributed by atoms with Gasteiger partial charge in [-0.3, -0.25) is 14.5 Å². The minimum atomic E-state index is -0.0311. The van der Waals surface area contributed by atoms with E-state index in [4.69, 9.17) is 0 Å². The molecule has 0 aromatic carbocycles. The highest BCUT2D eigenvalue weighted by Crippen LogP contribution is 2.20. The second kappa shape index (κ2) is 8.45. The molecule has 130 valence electrons. The van der Waals surface area contributed by atoms with E-state index in [1.54, 1.807) is 0 Å². The Balaban J connectivity index is 1.92. The molecule has 0 saturated carbocycles. The van der Waals surface area contributed by atoms with Crippen LogP contribution in [0, 0.1) is 0 Å². The molecular formula is C17H30N4O2. The van der Waals surface area contributed by atoms with E-state index in [9.17, 15) is 9.59 Å². The number of likely N-dealkylation sites (N-methyl/N-ethyl adjacent to an activating group) is 1. The van der Waals surface area contributed by atoms with Crippen LogP contribution in [0.5, 0.6) is 0 Å². The SMILES string of the molecule is C=CCN1CCC[C@H]1C(=O)N1CCC(=O)N(CCN(C)C)CC1. The van der Waals surface area contributed by atoms with Crippen molar-refractivity contribution in [2.45, 2.75) is 25.3 Å². The maximum absolute atomic E-state index is 12.8. The molecule has 0 N–H and O–H groups in total. The maximum Gasteiger partial charge on any atom is 0.240 e. The van der Waals surface area contributed by atoms with Gasteiger partial charge in [0.2, 0.25) is 11.8 Å². The minimum Gasteiger partial charge on any atom is -0.340 e. The summed E-state index contributed by atoms with van der Waals surface area (Å²) >= 11 is 0. The van der Waals surface area contributed by atoms with Crippen molar-refractivity contribution in [3.8, 4) is 0 Å². The van der Waals surface area contributed by atoms with Crippen molar-refractivity contribution in [1.29, 1.82) is 0 Å². The predicted octanol–water partition coefficient (Wildman–Crippen LogP) is 0.259. The molecule has 23 heavy (non-hydrogen) atoms. The number of carbonyl (C=O) groups is 2. The average Bonchev–Trinajstić information content (AvgIpc) is 2.89. The van der Waals surface area contributed by atoms with Gasteiger partial charge in [-0.1, -0.05) is 6.08 Å². The first-order valence-corrected chi connectivity index (χ1v) is 8.59. The van der Waals surface area contributed by atoms with Crippen molar-refractivity contribution in [3.63, 3.8) is 0 Å². The zero-order valence-electron chi connectivity index (χ0n) is 14.5. The lowest BCUT2D eigenvalue weighted by Gasteiger charge is -2.29. The van der Waals surface area contributed by atoms with Crippen LogP contribution in [0.1, 0.15) is 19.3 Å². The van der Waals surface area contributed by atoms with Crippen LogP contribution < -0.4 is 0 Å². The third-order valence-corrected chi connectivity index (χ3v) is 4.73. The summed E-state index contributed by atoms with van der Waals surface area (Å²) in [5, 5.41) is 0. The van der Waals surface area contributed by atoms with Gasteiger partial charge in [-0.25, -0.2) is 0 Å². The zero-order chi connectivity index (χ0) is 16.8. The van der Waals surface area contributed by atoms with Crippen LogP contribution >= 0.6 is 0 Å². The van der Waals surface area contributed by atoms with Crippen molar-refractivity contribution >= 4 is 11.8 Å². The van der Waals surface area contributed by atoms with E-state index < -0.39 is 0 Å². The Hall–Kier alpha value is -1.40. The molecule has 2 aliphatic rings. The third-order valence-electron chi connectivity index (χ3n) is 4.73. The van der Waals surface area contributed by atoms with Crippen LogP contribution in [-0.2, 0) is 9.59 Å². The topological polar surface area (TPSA) is 47.1 Å². The van der Waals surface area contributed by atoms with Gasteiger partial charge in [0.1, 0.15) is 0 Å². The molecule has 2 saturated heterocycles. The van der Waals surface area contributed by atoms with Crippen molar-refractivity contribution in [2.75, 3.05) is 59.9 Å². The fourth-order valence-electron chi connectivity index (χ4n) is 3.35. The summed E-state index contributed by atoms with van der Waals surface area (Å²) in [6.07, 6.45) is 4.28.